The number of carboxylic acid groups (broad SMARTS) is 1. The van der Waals surface area contributed by atoms with Gasteiger partial charge >= 0.3 is 5.97 Å². The van der Waals surface area contributed by atoms with Gasteiger partial charge in [0.2, 0.25) is 0 Å². The number of aromatic carboxylic acids is 1. The van der Waals surface area contributed by atoms with E-state index < -0.39 is 11.8 Å². The van der Waals surface area contributed by atoms with Crippen LogP contribution in [0, 0.1) is 12.7 Å². The number of carbonyl (C=O) groups is 1. The molecule has 0 fully saturated rings. The largest absolute Gasteiger partial charge is 0.478 e. The highest BCUT2D eigenvalue weighted by molar-refractivity contribution is 7.99. The summed E-state index contributed by atoms with van der Waals surface area (Å²) in [7, 11) is 0. The van der Waals surface area contributed by atoms with E-state index in [1.807, 2.05) is 25.1 Å². The predicted octanol–water partition coefficient (Wildman–Crippen LogP) is 3.86. The van der Waals surface area contributed by atoms with Crippen LogP contribution in [0.3, 0.4) is 0 Å². The summed E-state index contributed by atoms with van der Waals surface area (Å²) in [6.45, 7) is 1.98. The predicted molar refractivity (Wildman–Crippen MR) is 78.3 cm³/mol. The molecule has 0 amide bonds. The molecule has 0 unspecified atom stereocenters. The van der Waals surface area contributed by atoms with Crippen molar-refractivity contribution < 1.29 is 14.3 Å². The number of carboxylic acids is 1. The van der Waals surface area contributed by atoms with Crippen molar-refractivity contribution in [1.29, 1.82) is 0 Å². The zero-order chi connectivity index (χ0) is 15.0. The van der Waals surface area contributed by atoms with Crippen molar-refractivity contribution in [2.75, 3.05) is 0 Å². The molecule has 3 rings (SSSR count). The average molecular weight is 302 g/mol. The Bertz CT molecular complexity index is 845. The first-order chi connectivity index (χ1) is 10.0. The number of benzene rings is 2. The monoisotopic (exact) mass is 302 g/mol. The molecule has 0 saturated carbocycles. The van der Waals surface area contributed by atoms with Crippen LogP contribution in [0.4, 0.5) is 4.39 Å². The molecule has 0 aliphatic rings. The number of aromatic amines is 1. The third-order valence-corrected chi connectivity index (χ3v) is 3.96. The van der Waals surface area contributed by atoms with Crippen molar-refractivity contribution in [3.63, 3.8) is 0 Å². The molecule has 1 heterocycles. The molecule has 0 radical (unpaired) electrons. The third-order valence-electron chi connectivity index (χ3n) is 2.99. The Morgan fingerprint density at radius 1 is 1.29 bits per heavy atom. The number of nitrogens with one attached hydrogen (secondary N) is 1. The molecule has 0 bridgehead atoms. The fourth-order valence-electron chi connectivity index (χ4n) is 2.01. The quantitative estimate of drug-likeness (QED) is 0.771. The number of fused-ring (bicyclic) bond motifs is 1. The first kappa shape index (κ1) is 13.6. The lowest BCUT2D eigenvalue weighted by Gasteiger charge is -2.03. The van der Waals surface area contributed by atoms with Gasteiger partial charge in [-0.15, -0.1) is 0 Å². The average Bonchev–Trinajstić information content (AvgIpc) is 2.82. The van der Waals surface area contributed by atoms with Gasteiger partial charge in [-0.25, -0.2) is 14.2 Å². The third kappa shape index (κ3) is 2.75. The fourth-order valence-corrected chi connectivity index (χ4v) is 2.92. The smallest absolute Gasteiger partial charge is 0.336 e. The van der Waals surface area contributed by atoms with Crippen LogP contribution < -0.4 is 0 Å². The molecule has 21 heavy (non-hydrogen) atoms. The van der Waals surface area contributed by atoms with Crippen LogP contribution in [0.25, 0.3) is 11.0 Å². The van der Waals surface area contributed by atoms with Crippen LogP contribution in [0.1, 0.15) is 15.9 Å². The van der Waals surface area contributed by atoms with Crippen LogP contribution >= 0.6 is 11.8 Å². The Labute approximate surface area is 124 Å². The van der Waals surface area contributed by atoms with E-state index in [9.17, 15) is 9.18 Å². The van der Waals surface area contributed by atoms with E-state index >= 15 is 0 Å². The number of nitrogens with zero attached hydrogens (tertiary/aromatic N) is 1. The number of H-pyrrole nitrogens is 1. The maximum atomic E-state index is 13.2. The molecule has 0 aliphatic carbocycles. The maximum Gasteiger partial charge on any atom is 0.336 e. The molecular formula is C15H11FN2O2S. The van der Waals surface area contributed by atoms with E-state index in [1.165, 1.54) is 23.9 Å². The number of aromatic nitrogens is 2. The SMILES string of the molecule is Cc1ccc2nc(Sc3ccc(F)cc3C(=O)O)[nH]c2c1. The Hall–Kier alpha value is -2.34. The molecule has 6 heteroatoms. The van der Waals surface area contributed by atoms with Gasteiger partial charge < -0.3 is 10.1 Å². The summed E-state index contributed by atoms with van der Waals surface area (Å²) in [6.07, 6.45) is 0. The topological polar surface area (TPSA) is 66.0 Å². The summed E-state index contributed by atoms with van der Waals surface area (Å²) in [5.74, 6) is -1.74. The lowest BCUT2D eigenvalue weighted by Crippen LogP contribution is -1.99. The number of hydrogen-bond donors (Lipinski definition) is 2. The van der Waals surface area contributed by atoms with Gasteiger partial charge in [-0.2, -0.15) is 0 Å². The van der Waals surface area contributed by atoms with E-state index in [0.717, 1.165) is 22.7 Å². The summed E-state index contributed by atoms with van der Waals surface area (Å²) in [5.41, 5.74) is 2.73. The van der Waals surface area contributed by atoms with E-state index in [4.69, 9.17) is 5.11 Å². The highest BCUT2D eigenvalue weighted by Crippen LogP contribution is 2.30. The zero-order valence-electron chi connectivity index (χ0n) is 11.1. The van der Waals surface area contributed by atoms with Gasteiger partial charge in [-0.1, -0.05) is 17.8 Å². The van der Waals surface area contributed by atoms with Crippen molar-refractivity contribution in [2.45, 2.75) is 17.0 Å². The summed E-state index contributed by atoms with van der Waals surface area (Å²) in [4.78, 5) is 19.1. The molecule has 0 atom stereocenters. The van der Waals surface area contributed by atoms with Gasteiger partial charge in [0.05, 0.1) is 16.6 Å². The van der Waals surface area contributed by atoms with Crippen LogP contribution in [0.15, 0.2) is 46.5 Å². The summed E-state index contributed by atoms with van der Waals surface area (Å²) in [5, 5.41) is 9.71. The molecule has 2 aromatic carbocycles. The van der Waals surface area contributed by atoms with E-state index in [1.54, 1.807) is 0 Å². The summed E-state index contributed by atoms with van der Waals surface area (Å²) in [6, 6.07) is 9.52. The van der Waals surface area contributed by atoms with Gasteiger partial charge in [0.25, 0.3) is 0 Å². The number of halogens is 1. The van der Waals surface area contributed by atoms with E-state index in [-0.39, 0.29) is 5.56 Å². The van der Waals surface area contributed by atoms with Crippen molar-refractivity contribution in [3.05, 3.63) is 53.3 Å². The molecule has 0 saturated heterocycles. The fraction of sp³-hybridized carbons (Fsp3) is 0.0667. The van der Waals surface area contributed by atoms with Gasteiger partial charge in [0.1, 0.15) is 5.82 Å². The second kappa shape index (κ2) is 5.21. The molecule has 1 aromatic heterocycles. The van der Waals surface area contributed by atoms with E-state index in [0.29, 0.717) is 10.1 Å². The second-order valence-corrected chi connectivity index (χ2v) is 5.64. The molecular weight excluding hydrogens is 291 g/mol. The highest BCUT2D eigenvalue weighted by Gasteiger charge is 2.14. The number of imidazole rings is 1. The highest BCUT2D eigenvalue weighted by atomic mass is 32.2. The molecule has 2 N–H and O–H groups in total. The number of rotatable bonds is 3. The Morgan fingerprint density at radius 2 is 2.10 bits per heavy atom. The molecule has 0 aliphatic heterocycles. The molecule has 3 aromatic rings. The number of aryl methyl sites for hydroxylation is 1. The van der Waals surface area contributed by atoms with Crippen LogP contribution in [0.2, 0.25) is 0 Å². The standard InChI is InChI=1S/C15H11FN2O2S/c1-8-2-4-11-12(6-8)18-15(17-11)21-13-5-3-9(16)7-10(13)14(19)20/h2-7H,1H3,(H,17,18)(H,19,20). The molecule has 0 spiro atoms. The normalized spacial score (nSPS) is 11.0. The zero-order valence-corrected chi connectivity index (χ0v) is 11.9. The van der Waals surface area contributed by atoms with Gasteiger partial charge in [-0.3, -0.25) is 0 Å². The summed E-state index contributed by atoms with van der Waals surface area (Å²) >= 11 is 1.17. The van der Waals surface area contributed by atoms with Crippen molar-refractivity contribution in [2.24, 2.45) is 0 Å². The van der Waals surface area contributed by atoms with Gasteiger partial charge in [-0.05, 0) is 42.8 Å². The molecule has 106 valence electrons. The first-order valence-electron chi connectivity index (χ1n) is 6.20. The van der Waals surface area contributed by atoms with Crippen LogP contribution in [-0.4, -0.2) is 21.0 Å². The number of hydrogen-bond acceptors (Lipinski definition) is 3. The maximum absolute atomic E-state index is 13.2. The summed E-state index contributed by atoms with van der Waals surface area (Å²) < 4.78 is 13.2. The van der Waals surface area contributed by atoms with Crippen LogP contribution in [0.5, 0.6) is 0 Å². The lowest BCUT2D eigenvalue weighted by molar-refractivity contribution is 0.0692. The lowest BCUT2D eigenvalue weighted by atomic mass is 10.2. The van der Waals surface area contributed by atoms with Crippen molar-refractivity contribution in [3.8, 4) is 0 Å². The van der Waals surface area contributed by atoms with Gasteiger partial charge in [0, 0.05) is 4.90 Å². The Morgan fingerprint density at radius 3 is 2.86 bits per heavy atom. The molecule has 4 nitrogen and oxygen atoms in total. The van der Waals surface area contributed by atoms with E-state index in [2.05, 4.69) is 9.97 Å². The minimum atomic E-state index is -1.16. The first-order valence-corrected chi connectivity index (χ1v) is 7.01. The van der Waals surface area contributed by atoms with Crippen LogP contribution in [-0.2, 0) is 0 Å². The van der Waals surface area contributed by atoms with Gasteiger partial charge in [0.15, 0.2) is 5.16 Å². The van der Waals surface area contributed by atoms with Crippen molar-refractivity contribution in [1.82, 2.24) is 9.97 Å². The second-order valence-electron chi connectivity index (χ2n) is 4.61. The Kier molecular flexibility index (Phi) is 3.39. The minimum absolute atomic E-state index is 0.0726. The Balaban J connectivity index is 2.00. The van der Waals surface area contributed by atoms with Crippen molar-refractivity contribution >= 4 is 28.8 Å². The minimum Gasteiger partial charge on any atom is -0.478 e.